The van der Waals surface area contributed by atoms with Gasteiger partial charge in [0.25, 0.3) is 11.8 Å². The van der Waals surface area contributed by atoms with E-state index in [2.05, 4.69) is 60.5 Å². The molecule has 2 bridgehead atoms. The molecule has 4 fully saturated rings. The van der Waals surface area contributed by atoms with Gasteiger partial charge in [-0.2, -0.15) is 0 Å². The zero-order valence-electron chi connectivity index (χ0n) is 25.3. The number of carbonyl (C=O) groups is 3. The van der Waals surface area contributed by atoms with Gasteiger partial charge in [0.2, 0.25) is 5.91 Å². The van der Waals surface area contributed by atoms with Crippen molar-refractivity contribution in [1.29, 1.82) is 0 Å². The SMILES string of the molecule is Cc1ccc(C(=O)NC[C@H](NC(=O)c2cnccn2)C(=O)N[C@@H](CC(C)C)B2O[C@@H]3C[C@H]4C[C@@H](C4(C)C)[C@]3(C)O2)cc1. The Hall–Kier alpha value is -3.31. The lowest BCUT2D eigenvalue weighted by Gasteiger charge is -2.64. The molecule has 3 amide bonds. The Morgan fingerprint density at radius 3 is 2.43 bits per heavy atom. The molecule has 3 aliphatic carbocycles. The van der Waals surface area contributed by atoms with Crippen LogP contribution in [-0.4, -0.2) is 65.0 Å². The monoisotopic (exact) mass is 575 g/mol. The van der Waals surface area contributed by atoms with Crippen molar-refractivity contribution in [3.63, 3.8) is 0 Å². The Labute approximate surface area is 248 Å². The van der Waals surface area contributed by atoms with Crippen LogP contribution in [0, 0.1) is 30.1 Å². The molecule has 1 aromatic heterocycles. The number of carbonyl (C=O) groups excluding carboxylic acids is 3. The molecule has 0 radical (unpaired) electrons. The molecule has 3 N–H and O–H groups in total. The molecule has 6 atom stereocenters. The highest BCUT2D eigenvalue weighted by Gasteiger charge is 2.68. The van der Waals surface area contributed by atoms with Crippen LogP contribution < -0.4 is 16.0 Å². The number of hydrogen-bond acceptors (Lipinski definition) is 7. The van der Waals surface area contributed by atoms with Gasteiger partial charge in [-0.25, -0.2) is 4.98 Å². The van der Waals surface area contributed by atoms with Crippen LogP contribution in [-0.2, 0) is 14.1 Å². The standard InChI is InChI=1S/C31H42BN5O5/c1-18(2)13-26(32-41-25-15-21-14-24(30(21,4)5)31(25,6)42-32)37-29(40)23(36-28(39)22-16-33-11-12-34-22)17-35-27(38)20-9-7-19(3)8-10-20/h7-12,16,18,21,23-26H,13-15,17H2,1-6H3,(H,35,38)(H,36,39)(H,37,40)/t21-,23+,24+,25-,26+,31+/m1/s1. The number of nitrogens with zero attached hydrogens (tertiary/aromatic N) is 2. The van der Waals surface area contributed by atoms with Crippen LogP contribution in [0.5, 0.6) is 0 Å². The summed E-state index contributed by atoms with van der Waals surface area (Å²) in [5.74, 6) is -0.549. The summed E-state index contributed by atoms with van der Waals surface area (Å²) in [6.45, 7) is 12.8. The largest absolute Gasteiger partial charge is 0.481 e. The molecule has 10 nitrogen and oxygen atoms in total. The van der Waals surface area contributed by atoms with Crippen molar-refractivity contribution in [2.75, 3.05) is 6.54 Å². The molecule has 0 spiro atoms. The lowest BCUT2D eigenvalue weighted by molar-refractivity contribution is -0.199. The maximum absolute atomic E-state index is 13.8. The Kier molecular flexibility index (Phi) is 8.45. The zero-order chi connectivity index (χ0) is 30.2. The zero-order valence-corrected chi connectivity index (χ0v) is 25.3. The van der Waals surface area contributed by atoms with Crippen LogP contribution in [0.3, 0.4) is 0 Å². The molecule has 42 heavy (non-hydrogen) atoms. The fourth-order valence-electron chi connectivity index (χ4n) is 6.96. The Balaban J connectivity index is 1.31. The van der Waals surface area contributed by atoms with Crippen LogP contribution in [0.15, 0.2) is 42.9 Å². The number of aromatic nitrogens is 2. The van der Waals surface area contributed by atoms with Crippen LogP contribution in [0.4, 0.5) is 0 Å². The number of rotatable bonds is 10. The minimum atomic E-state index is -1.07. The van der Waals surface area contributed by atoms with Gasteiger partial charge >= 0.3 is 7.12 Å². The molecule has 2 aromatic rings. The first kappa shape index (κ1) is 30.2. The molecule has 1 saturated heterocycles. The smallest absolute Gasteiger partial charge is 0.404 e. The Bertz CT molecular complexity index is 1310. The molecule has 11 heteroatoms. The average Bonchev–Trinajstić information content (AvgIpc) is 3.32. The molecule has 3 saturated carbocycles. The number of aryl methyl sites for hydroxylation is 1. The molecule has 0 unspecified atom stereocenters. The summed E-state index contributed by atoms with van der Waals surface area (Å²) in [5.41, 5.74) is 1.35. The fourth-order valence-corrected chi connectivity index (χ4v) is 6.96. The van der Waals surface area contributed by atoms with E-state index in [0.717, 1.165) is 18.4 Å². The number of hydrogen-bond donors (Lipinski definition) is 3. The maximum atomic E-state index is 13.8. The second-order valence-electron chi connectivity index (χ2n) is 13.3. The van der Waals surface area contributed by atoms with E-state index in [9.17, 15) is 14.4 Å². The lowest BCUT2D eigenvalue weighted by atomic mass is 9.43. The predicted molar refractivity (Wildman–Crippen MR) is 158 cm³/mol. The molecule has 2 heterocycles. The van der Waals surface area contributed by atoms with Crippen molar-refractivity contribution in [2.45, 2.75) is 84.5 Å². The molecule has 224 valence electrons. The molecular weight excluding hydrogens is 533 g/mol. The first-order chi connectivity index (χ1) is 19.9. The van der Waals surface area contributed by atoms with E-state index in [4.69, 9.17) is 9.31 Å². The summed E-state index contributed by atoms with van der Waals surface area (Å²) in [4.78, 5) is 47.6. The Morgan fingerprint density at radius 2 is 1.79 bits per heavy atom. The summed E-state index contributed by atoms with van der Waals surface area (Å²) >= 11 is 0. The van der Waals surface area contributed by atoms with Crippen LogP contribution in [0.25, 0.3) is 0 Å². The quantitative estimate of drug-likeness (QED) is 0.371. The minimum Gasteiger partial charge on any atom is -0.404 e. The van der Waals surface area contributed by atoms with E-state index in [1.807, 2.05) is 19.1 Å². The van der Waals surface area contributed by atoms with Crippen LogP contribution >= 0.6 is 0 Å². The highest BCUT2D eigenvalue weighted by molar-refractivity contribution is 6.48. The Morgan fingerprint density at radius 1 is 1.05 bits per heavy atom. The molecule has 1 aromatic carbocycles. The van der Waals surface area contributed by atoms with Crippen molar-refractivity contribution in [1.82, 2.24) is 25.9 Å². The van der Waals surface area contributed by atoms with Gasteiger partial charge in [-0.05, 0) is 68.4 Å². The van der Waals surface area contributed by atoms with Gasteiger partial charge in [0.15, 0.2) is 0 Å². The summed E-state index contributed by atoms with van der Waals surface area (Å²) in [6, 6.07) is 6.05. The molecule has 6 rings (SSSR count). The van der Waals surface area contributed by atoms with E-state index < -0.39 is 36.5 Å². The van der Waals surface area contributed by atoms with Gasteiger partial charge in [-0.15, -0.1) is 0 Å². The first-order valence-electron chi connectivity index (χ1n) is 14.9. The van der Waals surface area contributed by atoms with Crippen LogP contribution in [0.2, 0.25) is 0 Å². The van der Waals surface area contributed by atoms with Crippen LogP contribution in [0.1, 0.15) is 80.3 Å². The van der Waals surface area contributed by atoms with Gasteiger partial charge in [-0.1, -0.05) is 45.4 Å². The molecule has 1 aliphatic heterocycles. The normalized spacial score (nSPS) is 26.9. The lowest BCUT2D eigenvalue weighted by Crippen LogP contribution is -2.65. The summed E-state index contributed by atoms with van der Waals surface area (Å²) in [7, 11) is -0.611. The summed E-state index contributed by atoms with van der Waals surface area (Å²) in [6.07, 6.45) is 6.87. The second-order valence-corrected chi connectivity index (χ2v) is 13.3. The van der Waals surface area contributed by atoms with Crippen molar-refractivity contribution in [3.05, 3.63) is 59.7 Å². The van der Waals surface area contributed by atoms with Crippen molar-refractivity contribution in [3.8, 4) is 0 Å². The van der Waals surface area contributed by atoms with E-state index in [0.29, 0.717) is 23.8 Å². The van der Waals surface area contributed by atoms with Gasteiger partial charge in [0, 0.05) is 24.5 Å². The maximum Gasteiger partial charge on any atom is 0.481 e. The third kappa shape index (κ3) is 5.94. The van der Waals surface area contributed by atoms with Crippen molar-refractivity contribution < 1.29 is 23.7 Å². The second kappa shape index (κ2) is 11.8. The molecule has 4 aliphatic rings. The van der Waals surface area contributed by atoms with E-state index in [1.54, 1.807) is 12.1 Å². The van der Waals surface area contributed by atoms with Gasteiger partial charge in [-0.3, -0.25) is 19.4 Å². The minimum absolute atomic E-state index is 0.0215. The van der Waals surface area contributed by atoms with Crippen molar-refractivity contribution >= 4 is 24.8 Å². The van der Waals surface area contributed by atoms with E-state index in [1.165, 1.54) is 18.6 Å². The summed E-state index contributed by atoms with van der Waals surface area (Å²) < 4.78 is 13.2. The highest BCUT2D eigenvalue weighted by Crippen LogP contribution is 2.65. The predicted octanol–water partition coefficient (Wildman–Crippen LogP) is 3.11. The van der Waals surface area contributed by atoms with Gasteiger partial charge < -0.3 is 25.3 Å². The number of benzene rings is 1. The average molecular weight is 576 g/mol. The van der Waals surface area contributed by atoms with Crippen molar-refractivity contribution in [2.24, 2.45) is 23.2 Å². The third-order valence-corrected chi connectivity index (χ3v) is 9.55. The van der Waals surface area contributed by atoms with Gasteiger partial charge in [0.1, 0.15) is 11.7 Å². The number of nitrogens with one attached hydrogen (secondary N) is 3. The molecular formula is C31H42BN5O5. The van der Waals surface area contributed by atoms with E-state index in [-0.39, 0.29) is 35.6 Å². The van der Waals surface area contributed by atoms with Gasteiger partial charge in [0.05, 0.1) is 23.8 Å². The topological polar surface area (TPSA) is 132 Å². The first-order valence-corrected chi connectivity index (χ1v) is 14.9. The van der Waals surface area contributed by atoms with E-state index >= 15 is 0 Å². The third-order valence-electron chi connectivity index (χ3n) is 9.55. The number of amides is 3. The summed E-state index contributed by atoms with van der Waals surface area (Å²) in [5, 5.41) is 8.63. The highest BCUT2D eigenvalue weighted by atomic mass is 16.7. The fraction of sp³-hybridized carbons (Fsp3) is 0.581.